The molecule has 33 heavy (non-hydrogen) atoms. The summed E-state index contributed by atoms with van der Waals surface area (Å²) in [6.45, 7) is 0.654. The van der Waals surface area contributed by atoms with Crippen LogP contribution in [0.5, 0.6) is 0 Å². The van der Waals surface area contributed by atoms with Gasteiger partial charge in [0.25, 0.3) is 11.8 Å². The number of benzene rings is 2. The van der Waals surface area contributed by atoms with Gasteiger partial charge in [-0.15, -0.1) is 0 Å². The van der Waals surface area contributed by atoms with E-state index >= 15 is 0 Å². The maximum atomic E-state index is 13.3. The van der Waals surface area contributed by atoms with Crippen LogP contribution in [0.3, 0.4) is 0 Å². The van der Waals surface area contributed by atoms with Gasteiger partial charge >= 0.3 is 0 Å². The molecule has 0 spiro atoms. The summed E-state index contributed by atoms with van der Waals surface area (Å²) in [4.78, 5) is 41.4. The van der Waals surface area contributed by atoms with E-state index in [1.54, 1.807) is 0 Å². The summed E-state index contributed by atoms with van der Waals surface area (Å²) in [5.41, 5.74) is 0.358. The molecule has 9 nitrogen and oxygen atoms in total. The van der Waals surface area contributed by atoms with Gasteiger partial charge in [0.2, 0.25) is 15.9 Å². The van der Waals surface area contributed by atoms with E-state index in [0.29, 0.717) is 13.0 Å². The largest absolute Gasteiger partial charge is 0.376 e. The van der Waals surface area contributed by atoms with Gasteiger partial charge in [-0.25, -0.2) is 22.8 Å². The number of hydrogen-bond acceptors (Lipinski definition) is 6. The lowest BCUT2D eigenvalue weighted by atomic mass is 10.1. The number of nitrogens with two attached hydrogens (primary N) is 1. The fourth-order valence-corrected chi connectivity index (χ4v) is 4.55. The summed E-state index contributed by atoms with van der Waals surface area (Å²) in [5, 5.41) is 5.10. The first kappa shape index (κ1) is 23.0. The number of amides is 3. The zero-order chi connectivity index (χ0) is 23.8. The minimum Gasteiger partial charge on any atom is -0.376 e. The standard InChI is InChI=1S/C22H22FN3O6S/c23-15-5-3-14(4-6-15)21(28)25(13-17-2-1-11-32-17)19-12-20(27)26(22(19)29)16-7-9-18(10-8-16)33(24,30)31/h3-10,17,19H,1-2,11-13H2,(H2,24,30,31). The second-order valence-electron chi connectivity index (χ2n) is 7.93. The van der Waals surface area contributed by atoms with Crippen LogP contribution in [0.15, 0.2) is 53.4 Å². The van der Waals surface area contributed by atoms with Crippen LogP contribution in [0.4, 0.5) is 10.1 Å². The van der Waals surface area contributed by atoms with E-state index in [2.05, 4.69) is 0 Å². The predicted molar refractivity (Wildman–Crippen MR) is 115 cm³/mol. The van der Waals surface area contributed by atoms with E-state index in [-0.39, 0.29) is 35.2 Å². The summed E-state index contributed by atoms with van der Waals surface area (Å²) in [6, 6.07) is 8.90. The molecule has 2 aromatic rings. The van der Waals surface area contributed by atoms with E-state index in [0.717, 1.165) is 23.5 Å². The minimum absolute atomic E-state index is 0.109. The van der Waals surface area contributed by atoms with Crippen LogP contribution < -0.4 is 10.0 Å². The quantitative estimate of drug-likeness (QED) is 0.630. The van der Waals surface area contributed by atoms with E-state index in [4.69, 9.17) is 9.88 Å². The molecule has 2 fully saturated rings. The molecule has 0 saturated carbocycles. The number of halogens is 1. The van der Waals surface area contributed by atoms with Gasteiger partial charge in [-0.1, -0.05) is 0 Å². The van der Waals surface area contributed by atoms with E-state index < -0.39 is 39.6 Å². The zero-order valence-electron chi connectivity index (χ0n) is 17.5. The number of rotatable bonds is 6. The monoisotopic (exact) mass is 475 g/mol. The lowest BCUT2D eigenvalue weighted by Gasteiger charge is -2.30. The maximum Gasteiger partial charge on any atom is 0.257 e. The van der Waals surface area contributed by atoms with Gasteiger partial charge in [0.15, 0.2) is 0 Å². The molecule has 3 amide bonds. The zero-order valence-corrected chi connectivity index (χ0v) is 18.3. The molecule has 11 heteroatoms. The molecule has 2 aliphatic heterocycles. The van der Waals surface area contributed by atoms with Gasteiger partial charge in [0.1, 0.15) is 11.9 Å². The summed E-state index contributed by atoms with van der Waals surface area (Å²) < 4.78 is 41.9. The SMILES string of the molecule is NS(=O)(=O)c1ccc(N2C(=O)CC(N(CC3CCCO3)C(=O)c3ccc(F)cc3)C2=O)cc1. The molecule has 2 atom stereocenters. The van der Waals surface area contributed by atoms with Crippen LogP contribution >= 0.6 is 0 Å². The van der Waals surface area contributed by atoms with Crippen LogP contribution in [0.2, 0.25) is 0 Å². The third kappa shape index (κ3) is 4.80. The molecule has 0 bridgehead atoms. The van der Waals surface area contributed by atoms with E-state index in [9.17, 15) is 27.2 Å². The molecule has 0 aliphatic carbocycles. The number of primary sulfonamides is 1. The van der Waals surface area contributed by atoms with Crippen molar-refractivity contribution in [2.24, 2.45) is 5.14 Å². The van der Waals surface area contributed by atoms with Crippen LogP contribution in [0.1, 0.15) is 29.6 Å². The Bertz CT molecular complexity index is 1180. The highest BCUT2D eigenvalue weighted by molar-refractivity contribution is 7.89. The van der Waals surface area contributed by atoms with Crippen molar-refractivity contribution in [1.82, 2.24) is 4.90 Å². The van der Waals surface area contributed by atoms with Crippen LogP contribution in [-0.2, 0) is 24.3 Å². The second-order valence-corrected chi connectivity index (χ2v) is 9.49. The summed E-state index contributed by atoms with van der Waals surface area (Å²) in [6.07, 6.45) is 1.01. The summed E-state index contributed by atoms with van der Waals surface area (Å²) in [5.74, 6) is -2.16. The number of carbonyl (C=O) groups is 3. The number of anilines is 1. The van der Waals surface area contributed by atoms with Gasteiger partial charge in [0.05, 0.1) is 23.1 Å². The lowest BCUT2D eigenvalue weighted by molar-refractivity contribution is -0.122. The Balaban J connectivity index is 1.63. The Morgan fingerprint density at radius 2 is 1.79 bits per heavy atom. The van der Waals surface area contributed by atoms with Crippen LogP contribution in [-0.4, -0.2) is 56.3 Å². The molecule has 0 radical (unpaired) electrons. The Labute approximate surface area is 190 Å². The average Bonchev–Trinajstić information content (AvgIpc) is 3.39. The third-order valence-corrected chi connectivity index (χ3v) is 6.63. The smallest absolute Gasteiger partial charge is 0.257 e. The Morgan fingerprint density at radius 1 is 1.12 bits per heavy atom. The maximum absolute atomic E-state index is 13.3. The highest BCUT2D eigenvalue weighted by atomic mass is 32.2. The minimum atomic E-state index is -3.93. The molecule has 2 saturated heterocycles. The Morgan fingerprint density at radius 3 is 2.36 bits per heavy atom. The summed E-state index contributed by atoms with van der Waals surface area (Å²) >= 11 is 0. The fraction of sp³-hybridized carbons (Fsp3) is 0.318. The number of carbonyl (C=O) groups excluding carboxylic acids is 3. The number of hydrogen-bond donors (Lipinski definition) is 1. The molecule has 174 valence electrons. The van der Waals surface area contributed by atoms with E-state index in [1.807, 2.05) is 0 Å². The normalized spacial score (nSPS) is 21.0. The highest BCUT2D eigenvalue weighted by Crippen LogP contribution is 2.28. The van der Waals surface area contributed by atoms with Crippen molar-refractivity contribution in [3.63, 3.8) is 0 Å². The van der Waals surface area contributed by atoms with Crippen LogP contribution in [0, 0.1) is 5.82 Å². The van der Waals surface area contributed by atoms with Gasteiger partial charge in [-0.3, -0.25) is 14.4 Å². The topological polar surface area (TPSA) is 127 Å². The van der Waals surface area contributed by atoms with Crippen LogP contribution in [0.25, 0.3) is 0 Å². The van der Waals surface area contributed by atoms with Gasteiger partial charge < -0.3 is 9.64 Å². The first-order chi connectivity index (χ1) is 15.6. The number of sulfonamides is 1. The van der Waals surface area contributed by atoms with Gasteiger partial charge in [0, 0.05) is 18.7 Å². The van der Waals surface area contributed by atoms with Crippen molar-refractivity contribution in [3.8, 4) is 0 Å². The molecule has 2 heterocycles. The number of imide groups is 1. The Hall–Kier alpha value is -3.15. The van der Waals surface area contributed by atoms with Crippen molar-refractivity contribution in [1.29, 1.82) is 0 Å². The van der Waals surface area contributed by atoms with Crippen molar-refractivity contribution in [3.05, 3.63) is 59.9 Å². The van der Waals surface area contributed by atoms with Crippen molar-refractivity contribution >= 4 is 33.4 Å². The molecule has 4 rings (SSSR count). The third-order valence-electron chi connectivity index (χ3n) is 5.70. The van der Waals surface area contributed by atoms with Crippen molar-refractivity contribution in [2.75, 3.05) is 18.1 Å². The predicted octanol–water partition coefficient (Wildman–Crippen LogP) is 1.43. The van der Waals surface area contributed by atoms with Gasteiger partial charge in [-0.2, -0.15) is 0 Å². The molecule has 2 N–H and O–H groups in total. The lowest BCUT2D eigenvalue weighted by Crippen LogP contribution is -2.48. The highest BCUT2D eigenvalue weighted by Gasteiger charge is 2.45. The molecule has 2 aromatic carbocycles. The van der Waals surface area contributed by atoms with Crippen molar-refractivity contribution < 1.29 is 31.9 Å². The molecule has 2 unspecified atom stereocenters. The first-order valence-electron chi connectivity index (χ1n) is 10.3. The second kappa shape index (κ2) is 9.00. The fourth-order valence-electron chi connectivity index (χ4n) is 4.03. The molecule has 2 aliphatic rings. The summed E-state index contributed by atoms with van der Waals surface area (Å²) in [7, 11) is -3.93. The van der Waals surface area contributed by atoms with E-state index in [1.165, 1.54) is 41.3 Å². The van der Waals surface area contributed by atoms with Gasteiger partial charge in [-0.05, 0) is 61.4 Å². The molecular formula is C22H22FN3O6S. The van der Waals surface area contributed by atoms with Crippen molar-refractivity contribution in [2.45, 2.75) is 36.3 Å². The Kier molecular flexibility index (Phi) is 6.28. The average molecular weight is 475 g/mol. The molecular weight excluding hydrogens is 453 g/mol. The number of nitrogens with zero attached hydrogens (tertiary/aromatic N) is 2. The number of ether oxygens (including phenoxy) is 1. The first-order valence-corrected chi connectivity index (χ1v) is 11.9. The molecule has 0 aromatic heterocycles.